The average Bonchev–Trinajstić information content (AvgIpc) is 2.45. The largest absolute Gasteiger partial charge is 0.493 e. The lowest BCUT2D eigenvalue weighted by atomic mass is 10.1. The number of amides is 1. The lowest BCUT2D eigenvalue weighted by molar-refractivity contribution is 0.0693. The number of hydrogen-bond acceptors (Lipinski definition) is 3. The molecule has 0 heterocycles. The van der Waals surface area contributed by atoms with Gasteiger partial charge in [-0.2, -0.15) is 0 Å². The van der Waals surface area contributed by atoms with Crippen molar-refractivity contribution in [2.75, 3.05) is 19.8 Å². The molecular formula is C17H27NO3. The van der Waals surface area contributed by atoms with Gasteiger partial charge in [0.25, 0.3) is 5.91 Å². The van der Waals surface area contributed by atoms with Gasteiger partial charge in [-0.1, -0.05) is 13.8 Å². The summed E-state index contributed by atoms with van der Waals surface area (Å²) in [4.78, 5) is 14.3. The molecule has 1 aromatic rings. The highest BCUT2D eigenvalue weighted by molar-refractivity contribution is 5.94. The Morgan fingerprint density at radius 1 is 1.19 bits per heavy atom. The van der Waals surface area contributed by atoms with E-state index in [0.29, 0.717) is 31.1 Å². The molecular weight excluding hydrogens is 266 g/mol. The predicted molar refractivity (Wildman–Crippen MR) is 84.7 cm³/mol. The Bertz CT molecular complexity index is 426. The summed E-state index contributed by atoms with van der Waals surface area (Å²) in [5, 5.41) is 8.93. The molecule has 0 saturated heterocycles. The van der Waals surface area contributed by atoms with E-state index in [4.69, 9.17) is 9.84 Å². The zero-order valence-electron chi connectivity index (χ0n) is 13.5. The Morgan fingerprint density at radius 3 is 2.29 bits per heavy atom. The molecule has 0 radical (unpaired) electrons. The van der Waals surface area contributed by atoms with E-state index < -0.39 is 0 Å². The van der Waals surface area contributed by atoms with Crippen LogP contribution < -0.4 is 4.74 Å². The predicted octanol–water partition coefficient (Wildman–Crippen LogP) is 2.95. The number of aliphatic hydroxyl groups excluding tert-OH is 1. The van der Waals surface area contributed by atoms with E-state index in [-0.39, 0.29) is 18.6 Å². The first-order chi connectivity index (χ1) is 9.95. The van der Waals surface area contributed by atoms with Crippen molar-refractivity contribution >= 4 is 5.91 Å². The summed E-state index contributed by atoms with van der Waals surface area (Å²) in [7, 11) is 0. The van der Waals surface area contributed by atoms with E-state index in [1.807, 2.05) is 26.0 Å². The van der Waals surface area contributed by atoms with Crippen LogP contribution in [0, 0.1) is 5.92 Å². The molecule has 118 valence electrons. The molecule has 1 N–H and O–H groups in total. The summed E-state index contributed by atoms with van der Waals surface area (Å²) in [5.74, 6) is 1.25. The molecule has 4 nitrogen and oxygen atoms in total. The SMILES string of the molecule is CC(C)COc1ccc(C(=O)N(CCCO)C(C)C)cc1. The third-order valence-corrected chi connectivity index (χ3v) is 3.13. The molecule has 1 aromatic carbocycles. The molecule has 1 amide bonds. The first kappa shape index (κ1) is 17.5. The topological polar surface area (TPSA) is 49.8 Å². The zero-order valence-corrected chi connectivity index (χ0v) is 13.5. The number of carbonyl (C=O) groups is 1. The lowest BCUT2D eigenvalue weighted by Crippen LogP contribution is -2.38. The molecule has 0 aromatic heterocycles. The van der Waals surface area contributed by atoms with E-state index in [2.05, 4.69) is 13.8 Å². The van der Waals surface area contributed by atoms with Crippen LogP contribution in [0.3, 0.4) is 0 Å². The molecule has 4 heteroatoms. The normalized spacial score (nSPS) is 11.0. The van der Waals surface area contributed by atoms with Crippen LogP contribution in [0.5, 0.6) is 5.75 Å². The van der Waals surface area contributed by atoms with Gasteiger partial charge in [-0.05, 0) is 50.5 Å². The molecule has 0 atom stereocenters. The maximum absolute atomic E-state index is 12.5. The smallest absolute Gasteiger partial charge is 0.254 e. The summed E-state index contributed by atoms with van der Waals surface area (Å²) < 4.78 is 5.62. The Kier molecular flexibility index (Phi) is 7.23. The Hall–Kier alpha value is -1.55. The van der Waals surface area contributed by atoms with Crippen molar-refractivity contribution < 1.29 is 14.6 Å². The molecule has 0 spiro atoms. The Balaban J connectivity index is 2.72. The minimum absolute atomic E-state index is 0.00569. The number of aliphatic hydroxyl groups is 1. The number of rotatable bonds is 8. The highest BCUT2D eigenvalue weighted by Gasteiger charge is 2.18. The van der Waals surface area contributed by atoms with Gasteiger partial charge in [0.05, 0.1) is 6.61 Å². The average molecular weight is 293 g/mol. The van der Waals surface area contributed by atoms with Gasteiger partial charge in [0.15, 0.2) is 0 Å². The van der Waals surface area contributed by atoms with Gasteiger partial charge in [-0.3, -0.25) is 4.79 Å². The van der Waals surface area contributed by atoms with Crippen LogP contribution in [0.15, 0.2) is 24.3 Å². The van der Waals surface area contributed by atoms with Crippen LogP contribution in [0.1, 0.15) is 44.5 Å². The van der Waals surface area contributed by atoms with Crippen molar-refractivity contribution in [3.05, 3.63) is 29.8 Å². The van der Waals surface area contributed by atoms with Gasteiger partial charge >= 0.3 is 0 Å². The van der Waals surface area contributed by atoms with Crippen molar-refractivity contribution in [3.8, 4) is 5.75 Å². The fourth-order valence-corrected chi connectivity index (χ4v) is 1.96. The number of nitrogens with zero attached hydrogens (tertiary/aromatic N) is 1. The first-order valence-corrected chi connectivity index (χ1v) is 7.60. The number of benzene rings is 1. The van der Waals surface area contributed by atoms with E-state index in [1.54, 1.807) is 17.0 Å². The summed E-state index contributed by atoms with van der Waals surface area (Å²) in [5.41, 5.74) is 0.651. The fourth-order valence-electron chi connectivity index (χ4n) is 1.96. The van der Waals surface area contributed by atoms with Gasteiger partial charge < -0.3 is 14.7 Å². The maximum Gasteiger partial charge on any atom is 0.254 e. The summed E-state index contributed by atoms with van der Waals surface area (Å²) >= 11 is 0. The van der Waals surface area contributed by atoms with E-state index >= 15 is 0 Å². The highest BCUT2D eigenvalue weighted by Crippen LogP contribution is 2.16. The molecule has 0 unspecified atom stereocenters. The van der Waals surface area contributed by atoms with Crippen LogP contribution in [-0.2, 0) is 0 Å². The van der Waals surface area contributed by atoms with E-state index in [1.165, 1.54) is 0 Å². The van der Waals surface area contributed by atoms with Gasteiger partial charge in [-0.25, -0.2) is 0 Å². The lowest BCUT2D eigenvalue weighted by Gasteiger charge is -2.26. The van der Waals surface area contributed by atoms with Crippen LogP contribution in [-0.4, -0.2) is 41.7 Å². The minimum atomic E-state index is -0.00569. The third-order valence-electron chi connectivity index (χ3n) is 3.13. The van der Waals surface area contributed by atoms with Crippen LogP contribution in [0.2, 0.25) is 0 Å². The van der Waals surface area contributed by atoms with Crippen molar-refractivity contribution in [2.45, 2.75) is 40.2 Å². The zero-order chi connectivity index (χ0) is 15.8. The summed E-state index contributed by atoms with van der Waals surface area (Å²) in [6.07, 6.45) is 0.597. The molecule has 0 bridgehead atoms. The molecule has 1 rings (SSSR count). The number of carbonyl (C=O) groups excluding carboxylic acids is 1. The van der Waals surface area contributed by atoms with Gasteiger partial charge in [0, 0.05) is 24.8 Å². The monoisotopic (exact) mass is 293 g/mol. The van der Waals surface area contributed by atoms with E-state index in [9.17, 15) is 4.79 Å². The molecule has 0 fully saturated rings. The van der Waals surface area contributed by atoms with Gasteiger partial charge in [0.1, 0.15) is 5.75 Å². The second-order valence-corrected chi connectivity index (χ2v) is 5.90. The second kappa shape index (κ2) is 8.67. The van der Waals surface area contributed by atoms with Crippen LogP contribution >= 0.6 is 0 Å². The second-order valence-electron chi connectivity index (χ2n) is 5.90. The first-order valence-electron chi connectivity index (χ1n) is 7.60. The number of hydrogen-bond donors (Lipinski definition) is 1. The van der Waals surface area contributed by atoms with Crippen molar-refractivity contribution in [1.82, 2.24) is 4.90 Å². The Morgan fingerprint density at radius 2 is 1.81 bits per heavy atom. The van der Waals surface area contributed by atoms with Gasteiger partial charge in [-0.15, -0.1) is 0 Å². The maximum atomic E-state index is 12.5. The summed E-state index contributed by atoms with van der Waals surface area (Å²) in [6, 6.07) is 7.37. The van der Waals surface area contributed by atoms with Crippen molar-refractivity contribution in [3.63, 3.8) is 0 Å². The van der Waals surface area contributed by atoms with Crippen molar-refractivity contribution in [1.29, 1.82) is 0 Å². The van der Waals surface area contributed by atoms with Crippen LogP contribution in [0.25, 0.3) is 0 Å². The quantitative estimate of drug-likeness (QED) is 0.801. The van der Waals surface area contributed by atoms with Crippen LogP contribution in [0.4, 0.5) is 0 Å². The molecule has 0 aliphatic rings. The molecule has 0 aliphatic carbocycles. The minimum Gasteiger partial charge on any atom is -0.493 e. The molecule has 21 heavy (non-hydrogen) atoms. The van der Waals surface area contributed by atoms with E-state index in [0.717, 1.165) is 5.75 Å². The summed E-state index contributed by atoms with van der Waals surface area (Å²) in [6.45, 7) is 9.49. The fraction of sp³-hybridized carbons (Fsp3) is 0.588. The van der Waals surface area contributed by atoms with Crippen molar-refractivity contribution in [2.24, 2.45) is 5.92 Å². The number of ether oxygens (including phenoxy) is 1. The molecule has 0 aliphatic heterocycles. The standard InChI is InChI=1S/C17H27NO3/c1-13(2)12-21-16-8-6-15(7-9-16)17(20)18(14(3)4)10-5-11-19/h6-9,13-14,19H,5,10-12H2,1-4H3. The highest BCUT2D eigenvalue weighted by atomic mass is 16.5. The third kappa shape index (κ3) is 5.76. The van der Waals surface area contributed by atoms with Gasteiger partial charge in [0.2, 0.25) is 0 Å². The molecule has 0 saturated carbocycles. The Labute approximate surface area is 127 Å².